The molecule has 1 N–H and O–H groups in total. The van der Waals surface area contributed by atoms with Crippen molar-refractivity contribution in [1.29, 1.82) is 0 Å². The van der Waals surface area contributed by atoms with Crippen LogP contribution < -0.4 is 5.56 Å². The average molecular weight is 263 g/mol. The van der Waals surface area contributed by atoms with Gasteiger partial charge in [0.2, 0.25) is 0 Å². The topological polar surface area (TPSA) is 66.1 Å². The third kappa shape index (κ3) is 2.21. The summed E-state index contributed by atoms with van der Waals surface area (Å²) in [5, 5.41) is 1.86. The molecule has 18 heavy (non-hydrogen) atoms. The van der Waals surface area contributed by atoms with E-state index in [1.165, 1.54) is 11.3 Å². The van der Waals surface area contributed by atoms with Crippen molar-refractivity contribution in [2.24, 2.45) is 0 Å². The van der Waals surface area contributed by atoms with Crippen molar-refractivity contribution in [3.8, 4) is 0 Å². The zero-order chi connectivity index (χ0) is 12.5. The smallest absolute Gasteiger partial charge is 0.268 e. The van der Waals surface area contributed by atoms with Gasteiger partial charge < -0.3 is 4.98 Å². The molecular weight excluding hydrogens is 250 g/mol. The van der Waals surface area contributed by atoms with E-state index in [0.29, 0.717) is 30.0 Å². The fourth-order valence-corrected chi connectivity index (χ4v) is 2.98. The fraction of sp³-hybridized carbons (Fsp3) is 0.417. The number of carbonyl (C=O) groups excluding carboxylic acids is 1. The fourth-order valence-electron chi connectivity index (χ4n) is 2.25. The standard InChI is InChI=1S/C12H13N3O2S/c16-8-2-1-4-15(6-8)7-10-13-9-3-5-18-11(9)12(17)14-10/h3,5H,1-2,4,6-7H2,(H,13,14,17). The van der Waals surface area contributed by atoms with Crippen molar-refractivity contribution in [3.05, 3.63) is 27.6 Å². The highest BCUT2D eigenvalue weighted by atomic mass is 32.1. The van der Waals surface area contributed by atoms with Crippen LogP contribution in [-0.2, 0) is 11.3 Å². The Morgan fingerprint density at radius 3 is 3.17 bits per heavy atom. The highest BCUT2D eigenvalue weighted by Crippen LogP contribution is 2.15. The van der Waals surface area contributed by atoms with Gasteiger partial charge in [0.1, 0.15) is 16.3 Å². The van der Waals surface area contributed by atoms with Gasteiger partial charge >= 0.3 is 0 Å². The van der Waals surface area contributed by atoms with E-state index >= 15 is 0 Å². The van der Waals surface area contributed by atoms with Crippen LogP contribution in [0.3, 0.4) is 0 Å². The van der Waals surface area contributed by atoms with Gasteiger partial charge in [0, 0.05) is 6.42 Å². The Kier molecular flexibility index (Phi) is 2.97. The lowest BCUT2D eigenvalue weighted by Crippen LogP contribution is -2.35. The zero-order valence-electron chi connectivity index (χ0n) is 9.81. The van der Waals surface area contributed by atoms with Crippen LogP contribution in [0.2, 0.25) is 0 Å². The van der Waals surface area contributed by atoms with E-state index < -0.39 is 0 Å². The molecule has 3 rings (SSSR count). The van der Waals surface area contributed by atoms with Crippen LogP contribution in [0.15, 0.2) is 16.2 Å². The molecule has 0 atom stereocenters. The number of carbonyl (C=O) groups is 1. The van der Waals surface area contributed by atoms with Gasteiger partial charge in [-0.05, 0) is 24.4 Å². The van der Waals surface area contributed by atoms with E-state index in [0.717, 1.165) is 18.5 Å². The molecule has 0 saturated carbocycles. The summed E-state index contributed by atoms with van der Waals surface area (Å²) < 4.78 is 0.661. The number of hydrogen-bond donors (Lipinski definition) is 1. The Balaban J connectivity index is 1.86. The molecule has 0 bridgehead atoms. The first-order chi connectivity index (χ1) is 8.72. The lowest BCUT2D eigenvalue weighted by atomic mass is 10.1. The predicted octanol–water partition coefficient (Wildman–Crippen LogP) is 1.15. The number of Topliss-reactive ketones (excluding diaryl/α,β-unsaturated/α-hetero) is 1. The largest absolute Gasteiger partial charge is 0.308 e. The summed E-state index contributed by atoms with van der Waals surface area (Å²) in [5.74, 6) is 0.904. The van der Waals surface area contributed by atoms with Gasteiger partial charge in [-0.15, -0.1) is 11.3 Å². The van der Waals surface area contributed by atoms with Gasteiger partial charge in [-0.3, -0.25) is 14.5 Å². The molecule has 6 heteroatoms. The average Bonchev–Trinajstić information content (AvgIpc) is 2.77. The summed E-state index contributed by atoms with van der Waals surface area (Å²) in [6.07, 6.45) is 1.56. The molecule has 0 amide bonds. The number of nitrogens with zero attached hydrogens (tertiary/aromatic N) is 2. The molecule has 1 saturated heterocycles. The van der Waals surface area contributed by atoms with Crippen molar-refractivity contribution in [3.63, 3.8) is 0 Å². The first kappa shape index (κ1) is 11.6. The normalized spacial score (nSPS) is 17.4. The third-order valence-electron chi connectivity index (χ3n) is 3.07. The van der Waals surface area contributed by atoms with E-state index in [1.807, 2.05) is 16.3 Å². The van der Waals surface area contributed by atoms with Crippen LogP contribution >= 0.6 is 11.3 Å². The Morgan fingerprint density at radius 2 is 2.33 bits per heavy atom. The van der Waals surface area contributed by atoms with Gasteiger partial charge in [-0.1, -0.05) is 0 Å². The second-order valence-corrected chi connectivity index (χ2v) is 5.42. The number of hydrogen-bond acceptors (Lipinski definition) is 5. The summed E-state index contributed by atoms with van der Waals surface area (Å²) >= 11 is 1.40. The number of rotatable bonds is 2. The molecule has 94 valence electrons. The highest BCUT2D eigenvalue weighted by molar-refractivity contribution is 7.17. The molecule has 2 aromatic heterocycles. The number of nitrogens with one attached hydrogen (secondary N) is 1. The van der Waals surface area contributed by atoms with Gasteiger partial charge in [-0.2, -0.15) is 0 Å². The van der Waals surface area contributed by atoms with Crippen molar-refractivity contribution in [2.75, 3.05) is 13.1 Å². The summed E-state index contributed by atoms with van der Waals surface area (Å²) in [4.78, 5) is 32.4. The molecule has 0 radical (unpaired) electrons. The van der Waals surface area contributed by atoms with E-state index in [4.69, 9.17) is 0 Å². The first-order valence-corrected chi connectivity index (χ1v) is 6.81. The molecule has 1 fully saturated rings. The molecule has 5 nitrogen and oxygen atoms in total. The minimum atomic E-state index is -0.0895. The van der Waals surface area contributed by atoms with Gasteiger partial charge in [0.25, 0.3) is 5.56 Å². The Morgan fingerprint density at radius 1 is 1.44 bits per heavy atom. The molecule has 1 aliphatic heterocycles. The lowest BCUT2D eigenvalue weighted by molar-refractivity contribution is -0.122. The predicted molar refractivity (Wildman–Crippen MR) is 69.8 cm³/mol. The molecule has 0 spiro atoms. The Bertz CT molecular complexity index is 646. The van der Waals surface area contributed by atoms with E-state index in [1.54, 1.807) is 0 Å². The molecule has 0 aromatic carbocycles. The second kappa shape index (κ2) is 4.62. The lowest BCUT2D eigenvalue weighted by Gasteiger charge is -2.24. The maximum atomic E-state index is 11.8. The van der Waals surface area contributed by atoms with Crippen molar-refractivity contribution in [1.82, 2.24) is 14.9 Å². The molecule has 0 unspecified atom stereocenters. The van der Waals surface area contributed by atoms with Crippen LogP contribution in [0, 0.1) is 0 Å². The van der Waals surface area contributed by atoms with Gasteiger partial charge in [0.05, 0.1) is 18.6 Å². The molecule has 0 aliphatic carbocycles. The van der Waals surface area contributed by atoms with E-state index in [9.17, 15) is 9.59 Å². The van der Waals surface area contributed by atoms with Crippen molar-refractivity contribution in [2.45, 2.75) is 19.4 Å². The number of fused-ring (bicyclic) bond motifs is 1. The van der Waals surface area contributed by atoms with Crippen molar-refractivity contribution >= 4 is 27.3 Å². The van der Waals surface area contributed by atoms with E-state index in [-0.39, 0.29) is 11.3 Å². The monoisotopic (exact) mass is 263 g/mol. The first-order valence-electron chi connectivity index (χ1n) is 5.93. The number of piperidine rings is 1. The zero-order valence-corrected chi connectivity index (χ0v) is 10.6. The summed E-state index contributed by atoms with van der Waals surface area (Å²) in [6, 6.07) is 1.85. The number of ketones is 1. The minimum Gasteiger partial charge on any atom is -0.308 e. The highest BCUT2D eigenvalue weighted by Gasteiger charge is 2.18. The van der Waals surface area contributed by atoms with Crippen LogP contribution in [0.1, 0.15) is 18.7 Å². The van der Waals surface area contributed by atoms with Crippen LogP contribution in [-0.4, -0.2) is 33.7 Å². The Labute approximate surface area is 107 Å². The van der Waals surface area contributed by atoms with Crippen LogP contribution in [0.4, 0.5) is 0 Å². The molecule has 1 aliphatic rings. The molecule has 2 aromatic rings. The van der Waals surface area contributed by atoms with E-state index in [2.05, 4.69) is 9.97 Å². The number of aromatic nitrogens is 2. The van der Waals surface area contributed by atoms with Gasteiger partial charge in [0.15, 0.2) is 0 Å². The van der Waals surface area contributed by atoms with Gasteiger partial charge in [-0.25, -0.2) is 4.98 Å². The number of likely N-dealkylation sites (tertiary alicyclic amines) is 1. The Hall–Kier alpha value is -1.53. The quantitative estimate of drug-likeness (QED) is 0.882. The second-order valence-electron chi connectivity index (χ2n) is 4.50. The number of H-pyrrole nitrogens is 1. The molecule has 3 heterocycles. The maximum absolute atomic E-state index is 11.8. The SMILES string of the molecule is O=C1CCCN(Cc2nc3ccsc3c(=O)[nH]2)C1. The maximum Gasteiger partial charge on any atom is 0.268 e. The minimum absolute atomic E-state index is 0.0895. The van der Waals surface area contributed by atoms with Crippen molar-refractivity contribution < 1.29 is 4.79 Å². The summed E-state index contributed by atoms with van der Waals surface area (Å²) in [6.45, 7) is 1.88. The molecular formula is C12H13N3O2S. The van der Waals surface area contributed by atoms with Crippen LogP contribution in [0.25, 0.3) is 10.2 Å². The summed E-state index contributed by atoms with van der Waals surface area (Å²) in [7, 11) is 0. The summed E-state index contributed by atoms with van der Waals surface area (Å²) in [5.41, 5.74) is 0.649. The third-order valence-corrected chi connectivity index (χ3v) is 3.97. The number of aromatic amines is 1. The van der Waals surface area contributed by atoms with Crippen LogP contribution in [0.5, 0.6) is 0 Å². The number of thiophene rings is 1.